The quantitative estimate of drug-likeness (QED) is 0.397. The Morgan fingerprint density at radius 3 is 1.37 bits per heavy atom. The Labute approximate surface area is 171 Å². The Hall–Kier alpha value is 0.137. The molecule has 2 aliphatic rings. The van der Waals surface area contributed by atoms with Gasteiger partial charge in [0.1, 0.15) is 0 Å². The second kappa shape index (κ2) is 10.3. The first-order valence-electron chi connectivity index (χ1n) is 12.0. The van der Waals surface area contributed by atoms with Crippen molar-refractivity contribution in [1.82, 2.24) is 0 Å². The van der Waals surface area contributed by atoms with Crippen LogP contribution in [-0.4, -0.2) is 21.8 Å². The van der Waals surface area contributed by atoms with E-state index < -0.39 is 8.56 Å². The summed E-state index contributed by atoms with van der Waals surface area (Å²) in [5.74, 6) is 4.64. The molecule has 2 aliphatic carbocycles. The Balaban J connectivity index is 2.51. The molecule has 2 nitrogen and oxygen atoms in total. The predicted molar refractivity (Wildman–Crippen MR) is 119 cm³/mol. The summed E-state index contributed by atoms with van der Waals surface area (Å²) >= 11 is 0. The Bertz CT molecular complexity index is 396. The van der Waals surface area contributed by atoms with Gasteiger partial charge in [-0.2, -0.15) is 0 Å². The fraction of sp³-hybridized carbons (Fsp3) is 1.00. The zero-order valence-electron chi connectivity index (χ0n) is 19.6. The van der Waals surface area contributed by atoms with Crippen LogP contribution in [0.4, 0.5) is 0 Å². The summed E-state index contributed by atoms with van der Waals surface area (Å²) < 4.78 is 13.8. The van der Waals surface area contributed by atoms with Crippen LogP contribution in [0.5, 0.6) is 0 Å². The van der Waals surface area contributed by atoms with Gasteiger partial charge >= 0.3 is 8.56 Å². The number of hydrogen-bond acceptors (Lipinski definition) is 2. The Kier molecular flexibility index (Phi) is 8.89. The fourth-order valence-electron chi connectivity index (χ4n) is 6.53. The molecule has 0 amide bonds. The summed E-state index contributed by atoms with van der Waals surface area (Å²) in [6.07, 6.45) is 8.16. The zero-order valence-corrected chi connectivity index (χ0v) is 20.6. The predicted octanol–water partition coefficient (Wildman–Crippen LogP) is 7.43. The van der Waals surface area contributed by atoms with Crippen LogP contribution in [-0.2, 0) is 8.85 Å². The van der Waals surface area contributed by atoms with Crippen LogP contribution >= 0.6 is 0 Å². The largest absolute Gasteiger partial charge is 0.394 e. The van der Waals surface area contributed by atoms with E-state index in [0.717, 1.165) is 48.7 Å². The van der Waals surface area contributed by atoms with Gasteiger partial charge < -0.3 is 8.85 Å². The molecular formula is C24H48O2Si. The van der Waals surface area contributed by atoms with Crippen LogP contribution < -0.4 is 0 Å². The van der Waals surface area contributed by atoms with Crippen molar-refractivity contribution in [2.75, 3.05) is 13.2 Å². The van der Waals surface area contributed by atoms with E-state index >= 15 is 0 Å². The van der Waals surface area contributed by atoms with Crippen LogP contribution in [0.3, 0.4) is 0 Å². The average Bonchev–Trinajstić information content (AvgIpc) is 2.60. The lowest BCUT2D eigenvalue weighted by Crippen LogP contribution is -2.58. The molecule has 3 heteroatoms. The lowest BCUT2D eigenvalue weighted by Gasteiger charge is -2.53. The van der Waals surface area contributed by atoms with Crippen LogP contribution in [0, 0.1) is 35.5 Å². The molecule has 0 N–H and O–H groups in total. The van der Waals surface area contributed by atoms with Crippen molar-refractivity contribution in [3.8, 4) is 0 Å². The molecule has 2 rings (SSSR count). The molecule has 160 valence electrons. The van der Waals surface area contributed by atoms with Gasteiger partial charge in [0, 0.05) is 24.3 Å². The SMILES string of the molecule is CCO[Si](OCC)(C1CC(C)CCC1C(C)C)C1CC(C)CCC1C(C)C. The van der Waals surface area contributed by atoms with E-state index in [1.807, 2.05) is 0 Å². The molecule has 0 saturated heterocycles. The molecule has 0 heterocycles. The fourth-order valence-corrected chi connectivity index (χ4v) is 12.7. The van der Waals surface area contributed by atoms with E-state index in [0.29, 0.717) is 11.1 Å². The molecule has 6 atom stereocenters. The van der Waals surface area contributed by atoms with E-state index in [2.05, 4.69) is 55.4 Å². The number of rotatable bonds is 8. The molecule has 0 aromatic carbocycles. The van der Waals surface area contributed by atoms with E-state index in [9.17, 15) is 0 Å². The highest BCUT2D eigenvalue weighted by Crippen LogP contribution is 2.57. The molecule has 0 radical (unpaired) electrons. The van der Waals surface area contributed by atoms with Crippen LogP contribution in [0.25, 0.3) is 0 Å². The summed E-state index contributed by atoms with van der Waals surface area (Å²) in [7, 11) is -2.33. The van der Waals surface area contributed by atoms with Crippen LogP contribution in [0.15, 0.2) is 0 Å². The molecule has 0 bridgehead atoms. The van der Waals surface area contributed by atoms with Gasteiger partial charge in [-0.25, -0.2) is 0 Å². The van der Waals surface area contributed by atoms with E-state index in [1.54, 1.807) is 0 Å². The highest BCUT2D eigenvalue weighted by atomic mass is 28.4. The molecule has 2 fully saturated rings. The summed E-state index contributed by atoms with van der Waals surface area (Å²) in [5, 5.41) is 0. The van der Waals surface area contributed by atoms with Crippen molar-refractivity contribution < 1.29 is 8.85 Å². The summed E-state index contributed by atoms with van der Waals surface area (Å²) in [5.41, 5.74) is 1.33. The Morgan fingerprint density at radius 2 is 1.07 bits per heavy atom. The third-order valence-electron chi connectivity index (χ3n) is 7.82. The van der Waals surface area contributed by atoms with E-state index in [-0.39, 0.29) is 0 Å². The molecule has 0 spiro atoms. The van der Waals surface area contributed by atoms with Gasteiger partial charge in [-0.05, 0) is 75.0 Å². The smallest absolute Gasteiger partial charge is 0.345 e. The first-order chi connectivity index (χ1) is 12.8. The summed E-state index contributed by atoms with van der Waals surface area (Å²) in [6.45, 7) is 20.7. The van der Waals surface area contributed by atoms with Crippen molar-refractivity contribution in [3.05, 3.63) is 0 Å². The van der Waals surface area contributed by atoms with E-state index in [4.69, 9.17) is 8.85 Å². The van der Waals surface area contributed by atoms with Gasteiger partial charge in [-0.15, -0.1) is 0 Å². The molecule has 0 aromatic heterocycles. The summed E-state index contributed by atoms with van der Waals surface area (Å²) in [6, 6.07) is 0. The summed E-state index contributed by atoms with van der Waals surface area (Å²) in [4.78, 5) is 0. The lowest BCUT2D eigenvalue weighted by atomic mass is 9.76. The first kappa shape index (κ1) is 23.4. The van der Waals surface area contributed by atoms with Gasteiger partial charge in [0.25, 0.3) is 0 Å². The average molecular weight is 397 g/mol. The van der Waals surface area contributed by atoms with Gasteiger partial charge in [0.2, 0.25) is 0 Å². The van der Waals surface area contributed by atoms with E-state index in [1.165, 1.54) is 38.5 Å². The zero-order chi connectivity index (χ0) is 20.2. The Morgan fingerprint density at radius 1 is 0.704 bits per heavy atom. The topological polar surface area (TPSA) is 18.5 Å². The van der Waals surface area contributed by atoms with Crippen LogP contribution in [0.1, 0.15) is 93.9 Å². The first-order valence-corrected chi connectivity index (χ1v) is 14.0. The maximum Gasteiger partial charge on any atom is 0.345 e. The van der Waals surface area contributed by atoms with Crippen molar-refractivity contribution in [3.63, 3.8) is 0 Å². The van der Waals surface area contributed by atoms with Gasteiger partial charge in [0.05, 0.1) is 0 Å². The molecule has 0 aromatic rings. The number of hydrogen-bond donors (Lipinski definition) is 0. The maximum atomic E-state index is 6.92. The minimum Gasteiger partial charge on any atom is -0.394 e. The molecule has 6 unspecified atom stereocenters. The standard InChI is InChI=1S/C24H48O2Si/c1-9-25-27(26-10-2,23-15-19(7)11-13-21(23)17(3)4)24-16-20(8)12-14-22(24)18(5)6/h17-24H,9-16H2,1-8H3. The highest BCUT2D eigenvalue weighted by Gasteiger charge is 2.59. The molecule has 2 saturated carbocycles. The van der Waals surface area contributed by atoms with Crippen molar-refractivity contribution in [2.45, 2.75) is 105 Å². The molecule has 0 aliphatic heterocycles. The van der Waals surface area contributed by atoms with Crippen LogP contribution in [0.2, 0.25) is 11.1 Å². The second-order valence-corrected chi connectivity index (χ2v) is 14.0. The minimum absolute atomic E-state index is 0.665. The maximum absolute atomic E-state index is 6.92. The third kappa shape index (κ3) is 5.20. The van der Waals surface area contributed by atoms with Gasteiger partial charge in [0.15, 0.2) is 0 Å². The van der Waals surface area contributed by atoms with Gasteiger partial charge in [-0.3, -0.25) is 0 Å². The highest BCUT2D eigenvalue weighted by molar-refractivity contribution is 6.70. The minimum atomic E-state index is -2.33. The second-order valence-electron chi connectivity index (χ2n) is 10.5. The van der Waals surface area contributed by atoms with Crippen molar-refractivity contribution >= 4 is 8.56 Å². The van der Waals surface area contributed by atoms with Crippen molar-refractivity contribution in [2.24, 2.45) is 35.5 Å². The molecular weight excluding hydrogens is 348 g/mol. The van der Waals surface area contributed by atoms with Crippen molar-refractivity contribution in [1.29, 1.82) is 0 Å². The lowest BCUT2D eigenvalue weighted by molar-refractivity contribution is 0.0914. The molecule has 27 heavy (non-hydrogen) atoms. The monoisotopic (exact) mass is 396 g/mol. The third-order valence-corrected chi connectivity index (χ3v) is 12.7. The van der Waals surface area contributed by atoms with Gasteiger partial charge in [-0.1, -0.05) is 54.4 Å². The normalized spacial score (nSPS) is 35.8.